The Morgan fingerprint density at radius 2 is 2.05 bits per heavy atom. The molecular formula is C16H18BrN3OS. The Bertz CT molecular complexity index is 704. The number of rotatable bonds is 4. The molecule has 0 unspecified atom stereocenters. The molecule has 0 fully saturated rings. The molecule has 0 aliphatic carbocycles. The third-order valence-electron chi connectivity index (χ3n) is 3.09. The van der Waals surface area contributed by atoms with Crippen LogP contribution in [0.5, 0.6) is 0 Å². The lowest BCUT2D eigenvalue weighted by atomic mass is 10.1. The third kappa shape index (κ3) is 3.87. The maximum Gasteiger partial charge on any atom is 0.260 e. The van der Waals surface area contributed by atoms with Gasteiger partial charge in [0.15, 0.2) is 0 Å². The minimum atomic E-state index is -0.185. The third-order valence-corrected chi connectivity index (χ3v) is 4.27. The molecule has 1 heterocycles. The van der Waals surface area contributed by atoms with Crippen molar-refractivity contribution in [3.05, 3.63) is 45.8 Å². The number of thioether (sulfide) groups is 1. The summed E-state index contributed by atoms with van der Waals surface area (Å²) in [5.41, 5.74) is 1.98. The van der Waals surface area contributed by atoms with Gasteiger partial charge in [0.2, 0.25) is 0 Å². The normalized spacial score (nSPS) is 10.8. The largest absolute Gasteiger partial charge is 0.322 e. The zero-order valence-electron chi connectivity index (χ0n) is 13.0. The van der Waals surface area contributed by atoms with Crippen LogP contribution in [0.2, 0.25) is 0 Å². The van der Waals surface area contributed by atoms with Crippen molar-refractivity contribution in [2.24, 2.45) is 0 Å². The summed E-state index contributed by atoms with van der Waals surface area (Å²) < 4.78 is 0.915. The number of hydrogen-bond acceptors (Lipinski definition) is 4. The lowest BCUT2D eigenvalue weighted by molar-refractivity contribution is 0.102. The molecular weight excluding hydrogens is 362 g/mol. The second-order valence-electron chi connectivity index (χ2n) is 5.17. The molecule has 22 heavy (non-hydrogen) atoms. The van der Waals surface area contributed by atoms with E-state index in [1.165, 1.54) is 11.8 Å². The van der Waals surface area contributed by atoms with Crippen molar-refractivity contribution < 1.29 is 4.79 Å². The average Bonchev–Trinajstić information content (AvgIpc) is 2.45. The monoisotopic (exact) mass is 379 g/mol. The molecule has 0 bridgehead atoms. The highest BCUT2D eigenvalue weighted by molar-refractivity contribution is 9.10. The van der Waals surface area contributed by atoms with Crippen LogP contribution in [0.1, 0.15) is 41.6 Å². The predicted octanol–water partition coefficient (Wildman–Crippen LogP) is 4.65. The Balaban J connectivity index is 2.37. The minimum Gasteiger partial charge on any atom is -0.322 e. The van der Waals surface area contributed by atoms with Gasteiger partial charge in [0.25, 0.3) is 5.91 Å². The van der Waals surface area contributed by atoms with E-state index in [1.54, 1.807) is 0 Å². The first-order chi connectivity index (χ1) is 10.4. The van der Waals surface area contributed by atoms with Crippen LogP contribution in [0.25, 0.3) is 0 Å². The van der Waals surface area contributed by atoms with Crippen molar-refractivity contribution >= 4 is 39.3 Å². The van der Waals surface area contributed by atoms with Crippen LogP contribution in [-0.4, -0.2) is 22.1 Å². The first-order valence-electron chi connectivity index (χ1n) is 6.91. The summed E-state index contributed by atoms with van der Waals surface area (Å²) in [6, 6.07) is 7.49. The Morgan fingerprint density at radius 3 is 2.64 bits per heavy atom. The van der Waals surface area contributed by atoms with E-state index in [-0.39, 0.29) is 11.8 Å². The SMILES string of the molecule is CSc1nc(C(C)C)nc(C)c1C(=O)Nc1cccc(Br)c1. The van der Waals surface area contributed by atoms with E-state index in [9.17, 15) is 4.79 Å². The van der Waals surface area contributed by atoms with Gasteiger partial charge in [-0.3, -0.25) is 4.79 Å². The summed E-state index contributed by atoms with van der Waals surface area (Å²) >= 11 is 4.86. The fraction of sp³-hybridized carbons (Fsp3) is 0.312. The number of hydrogen-bond donors (Lipinski definition) is 1. The van der Waals surface area contributed by atoms with Crippen LogP contribution >= 0.6 is 27.7 Å². The predicted molar refractivity (Wildman–Crippen MR) is 94.7 cm³/mol. The summed E-state index contributed by atoms with van der Waals surface area (Å²) in [5, 5.41) is 3.61. The van der Waals surface area contributed by atoms with Gasteiger partial charge in [0.1, 0.15) is 10.9 Å². The Hall–Kier alpha value is -1.40. The molecule has 1 N–H and O–H groups in total. The fourth-order valence-corrected chi connectivity index (χ4v) is 3.02. The topological polar surface area (TPSA) is 54.9 Å². The maximum atomic E-state index is 12.6. The molecule has 1 aromatic carbocycles. The van der Waals surface area contributed by atoms with Crippen molar-refractivity contribution in [2.75, 3.05) is 11.6 Å². The first kappa shape index (κ1) is 17.0. The molecule has 0 radical (unpaired) electrons. The Kier molecular flexibility index (Phi) is 5.58. The summed E-state index contributed by atoms with van der Waals surface area (Å²) in [6.07, 6.45) is 1.92. The number of anilines is 1. The Labute approximate surface area is 143 Å². The van der Waals surface area contributed by atoms with Gasteiger partial charge < -0.3 is 5.32 Å². The second-order valence-corrected chi connectivity index (χ2v) is 6.88. The van der Waals surface area contributed by atoms with Gasteiger partial charge in [-0.15, -0.1) is 11.8 Å². The Morgan fingerprint density at radius 1 is 1.32 bits per heavy atom. The summed E-state index contributed by atoms with van der Waals surface area (Å²) in [7, 11) is 0. The molecule has 6 heteroatoms. The molecule has 0 spiro atoms. The minimum absolute atomic E-state index is 0.185. The van der Waals surface area contributed by atoms with Crippen LogP contribution in [0.3, 0.4) is 0 Å². The highest BCUT2D eigenvalue weighted by atomic mass is 79.9. The molecule has 1 amide bonds. The quantitative estimate of drug-likeness (QED) is 0.620. The number of amides is 1. The molecule has 0 atom stereocenters. The molecule has 0 saturated heterocycles. The zero-order valence-corrected chi connectivity index (χ0v) is 15.4. The van der Waals surface area contributed by atoms with Crippen molar-refractivity contribution in [1.82, 2.24) is 9.97 Å². The van der Waals surface area contributed by atoms with E-state index in [1.807, 2.05) is 51.3 Å². The van der Waals surface area contributed by atoms with E-state index < -0.39 is 0 Å². The van der Waals surface area contributed by atoms with Crippen LogP contribution in [0.15, 0.2) is 33.8 Å². The van der Waals surface area contributed by atoms with Crippen LogP contribution in [0, 0.1) is 6.92 Å². The maximum absolute atomic E-state index is 12.6. The summed E-state index contributed by atoms with van der Waals surface area (Å²) in [4.78, 5) is 21.6. The van der Waals surface area contributed by atoms with Gasteiger partial charge in [-0.1, -0.05) is 35.8 Å². The van der Waals surface area contributed by atoms with Crippen molar-refractivity contribution in [3.8, 4) is 0 Å². The van der Waals surface area contributed by atoms with Crippen LogP contribution in [0.4, 0.5) is 5.69 Å². The van der Waals surface area contributed by atoms with Crippen molar-refractivity contribution in [1.29, 1.82) is 0 Å². The number of carbonyl (C=O) groups is 1. The van der Waals surface area contributed by atoms with Gasteiger partial charge in [-0.2, -0.15) is 0 Å². The molecule has 2 rings (SSSR count). The van der Waals surface area contributed by atoms with Crippen molar-refractivity contribution in [2.45, 2.75) is 31.7 Å². The van der Waals surface area contributed by atoms with Crippen LogP contribution in [-0.2, 0) is 0 Å². The number of aryl methyl sites for hydroxylation is 1. The number of carbonyl (C=O) groups excluding carboxylic acids is 1. The van der Waals surface area contributed by atoms with E-state index >= 15 is 0 Å². The zero-order chi connectivity index (χ0) is 16.3. The van der Waals surface area contributed by atoms with Gasteiger partial charge >= 0.3 is 0 Å². The molecule has 0 aliphatic heterocycles. The molecule has 2 aromatic rings. The smallest absolute Gasteiger partial charge is 0.260 e. The number of benzene rings is 1. The van der Waals surface area contributed by atoms with Crippen LogP contribution < -0.4 is 5.32 Å². The number of halogens is 1. The van der Waals surface area contributed by atoms with E-state index in [0.29, 0.717) is 16.3 Å². The van der Waals surface area contributed by atoms with E-state index in [2.05, 4.69) is 31.2 Å². The highest BCUT2D eigenvalue weighted by Crippen LogP contribution is 2.24. The molecule has 1 aromatic heterocycles. The number of aromatic nitrogens is 2. The second kappa shape index (κ2) is 7.24. The molecule has 4 nitrogen and oxygen atoms in total. The first-order valence-corrected chi connectivity index (χ1v) is 8.93. The highest BCUT2D eigenvalue weighted by Gasteiger charge is 2.19. The lowest BCUT2D eigenvalue weighted by Gasteiger charge is -2.13. The lowest BCUT2D eigenvalue weighted by Crippen LogP contribution is -2.17. The van der Waals surface area contributed by atoms with E-state index in [0.717, 1.165) is 16.0 Å². The summed E-state index contributed by atoms with van der Waals surface area (Å²) in [6.45, 7) is 5.93. The number of nitrogens with zero attached hydrogens (tertiary/aromatic N) is 2. The summed E-state index contributed by atoms with van der Waals surface area (Å²) in [5.74, 6) is 0.808. The van der Waals surface area contributed by atoms with Crippen molar-refractivity contribution in [3.63, 3.8) is 0 Å². The van der Waals surface area contributed by atoms with Gasteiger partial charge in [-0.25, -0.2) is 9.97 Å². The number of nitrogens with one attached hydrogen (secondary N) is 1. The molecule has 0 saturated carbocycles. The average molecular weight is 380 g/mol. The molecule has 116 valence electrons. The van der Waals surface area contributed by atoms with Gasteiger partial charge in [0, 0.05) is 16.1 Å². The van der Waals surface area contributed by atoms with Gasteiger partial charge in [0.05, 0.1) is 11.3 Å². The van der Waals surface area contributed by atoms with Gasteiger partial charge in [-0.05, 0) is 31.4 Å². The van der Waals surface area contributed by atoms with E-state index in [4.69, 9.17) is 0 Å². The fourth-order valence-electron chi connectivity index (χ4n) is 1.99. The molecule has 0 aliphatic rings. The standard InChI is InChI=1S/C16H18BrN3OS/c1-9(2)14-18-10(3)13(16(20-14)22-4)15(21)19-12-7-5-6-11(17)8-12/h5-9H,1-4H3,(H,19,21).